The molecule has 3 heterocycles. The molecule has 15 heteroatoms. The van der Waals surface area contributed by atoms with Crippen LogP contribution in [-0.2, 0) is 71.2 Å². The third-order valence-corrected chi connectivity index (χ3v) is 25.8. The molecule has 3 unspecified atom stereocenters. The minimum atomic E-state index is -1.27. The van der Waals surface area contributed by atoms with E-state index >= 15 is 9.59 Å². The van der Waals surface area contributed by atoms with E-state index in [2.05, 4.69) is 5.57 Å². The summed E-state index contributed by atoms with van der Waals surface area (Å²) >= 11 is 0. The maximum absolute atomic E-state index is 15.4. The molecular weight excluding hydrogens is 1040 g/mol. The summed E-state index contributed by atoms with van der Waals surface area (Å²) in [5.74, 6) is 12.6. The highest BCUT2D eigenvalue weighted by Gasteiger charge is 2.88. The summed E-state index contributed by atoms with van der Waals surface area (Å²) in [4.78, 5) is 30.7. The van der Waals surface area contributed by atoms with E-state index in [0.717, 1.165) is 135 Å². The first-order chi connectivity index (χ1) is 40.6. The van der Waals surface area contributed by atoms with E-state index in [4.69, 9.17) is 61.6 Å². The molecule has 20 atom stereocenters. The van der Waals surface area contributed by atoms with Crippen molar-refractivity contribution in [1.82, 2.24) is 0 Å². The van der Waals surface area contributed by atoms with Gasteiger partial charge in [0, 0.05) is 0 Å². The van der Waals surface area contributed by atoms with Crippen LogP contribution < -0.4 is 0 Å². The molecule has 15 aliphatic carbocycles. The van der Waals surface area contributed by atoms with Crippen molar-refractivity contribution in [2.75, 3.05) is 132 Å². The molecule has 1 spiro atoms. The standard InChI is InChI=1S/C67H96O15/c68-65-67(63-47-35-41-33-39-31-37-1-2-38-32-40-34-42-36-48(64(63)67)56-55(47)59-53(41)51(39)57-49(37)50(38)58-52(40)54(42)60(56)62(59)61(57)58)66(69)82-30-24-76-18-16-74-22-28-80-46-9-5-44(6-10-46)78-26-20-72-14-12-70-11-13-71-19-25-77-43-3-7-45(8-4-43)79-27-21-73-15-17-75-23-29-81-65/h37-51,53,55-57,59,61-64H,1-36H2/t37-,38+,39+,40+,41+,42+,43?,44?,45?,46?,47-,48+,49+,50-,51+,53-,55+,56-,57?,59-,61?,62?,63+,64-,67?/m0/s1. The van der Waals surface area contributed by atoms with Crippen molar-refractivity contribution in [3.8, 4) is 0 Å². The molecule has 15 nitrogen and oxygen atoms in total. The molecule has 12 saturated carbocycles. The monoisotopic (exact) mass is 1140 g/mol. The summed E-state index contributed by atoms with van der Waals surface area (Å²) < 4.78 is 78.4. The van der Waals surface area contributed by atoms with Crippen LogP contribution >= 0.6 is 0 Å². The van der Waals surface area contributed by atoms with E-state index in [1.165, 1.54) is 44.9 Å². The normalized spacial score (nSPS) is 50.8. The quantitative estimate of drug-likeness (QED) is 0.169. The fourth-order valence-corrected chi connectivity index (χ4v) is 24.0. The first-order valence-electron chi connectivity index (χ1n) is 33.9. The molecule has 82 heavy (non-hydrogen) atoms. The van der Waals surface area contributed by atoms with E-state index in [0.29, 0.717) is 135 Å². The summed E-state index contributed by atoms with van der Waals surface area (Å²) in [6, 6.07) is 0. The minimum absolute atomic E-state index is 0.0152. The molecule has 15 fully saturated rings. The third-order valence-electron chi connectivity index (χ3n) is 25.8. The Kier molecular flexibility index (Phi) is 15.8. The molecule has 18 rings (SSSR count). The molecule has 0 amide bonds. The molecule has 3 saturated heterocycles. The SMILES string of the molecule is O=C1OCCOCCOCCOC2CCC(CC2)OCCOCCOCCOCCOC2CCC(CC2)OCCOCCOCCOC(=O)C12[C@@H]1[C@H]3C[C@H]4C[C@H]5C[C@@H]6CC[C@@H]7C[C@@H]8C[C@@H]9C[C@H]([C@@H]%10C%11=C9C8=C8C9C([C@H]6[C@@H]87)[C@H]5[C@H]4[C@H](C%119)[C@H]3%10)[C@@H]12. The van der Waals surface area contributed by atoms with Gasteiger partial charge in [0.2, 0.25) is 0 Å². The van der Waals surface area contributed by atoms with Crippen LogP contribution in [0.2, 0.25) is 0 Å². The summed E-state index contributed by atoms with van der Waals surface area (Å²) in [6.45, 7) is 8.86. The smallest absolute Gasteiger partial charge is 0.324 e. The van der Waals surface area contributed by atoms with E-state index in [9.17, 15) is 0 Å². The van der Waals surface area contributed by atoms with Gasteiger partial charge in [-0.3, -0.25) is 9.59 Å². The molecule has 0 aromatic heterocycles. The Bertz CT molecular complexity index is 2310. The second-order valence-corrected chi connectivity index (χ2v) is 28.8. The lowest BCUT2D eigenvalue weighted by molar-refractivity contribution is -0.169. The van der Waals surface area contributed by atoms with Crippen LogP contribution in [0.1, 0.15) is 103 Å². The van der Waals surface area contributed by atoms with Gasteiger partial charge in [-0.2, -0.15) is 0 Å². The maximum Gasteiger partial charge on any atom is 0.324 e. The number of hydrogen-bond donors (Lipinski definition) is 0. The molecule has 0 N–H and O–H groups in total. The Morgan fingerprint density at radius 1 is 0.293 bits per heavy atom. The Balaban J connectivity index is 0.577. The van der Waals surface area contributed by atoms with E-state index in [1.807, 2.05) is 16.7 Å². The number of carbonyl (C=O) groups excluding carboxylic acids is 2. The van der Waals surface area contributed by atoms with Gasteiger partial charge in [-0.25, -0.2) is 0 Å². The number of fused-ring (bicyclic) bond motifs is 5. The third kappa shape index (κ3) is 9.29. The Labute approximate surface area is 486 Å². The van der Waals surface area contributed by atoms with Gasteiger partial charge in [0.15, 0.2) is 5.41 Å². The van der Waals surface area contributed by atoms with Crippen LogP contribution in [0.15, 0.2) is 22.3 Å². The van der Waals surface area contributed by atoms with Crippen molar-refractivity contribution in [2.45, 2.75) is 127 Å². The molecule has 4 bridgehead atoms. The highest BCUT2D eigenvalue weighted by molar-refractivity contribution is 6.05. The lowest BCUT2D eigenvalue weighted by atomic mass is 9.46. The van der Waals surface area contributed by atoms with Gasteiger partial charge < -0.3 is 61.6 Å². The minimum Gasteiger partial charge on any atom is -0.462 e. The topological polar surface area (TPSA) is 154 Å². The number of allylic oxidation sites excluding steroid dienone is 4. The predicted molar refractivity (Wildman–Crippen MR) is 297 cm³/mol. The molecule has 0 radical (unpaired) electrons. The Morgan fingerprint density at radius 2 is 0.683 bits per heavy atom. The molecule has 0 aromatic carbocycles. The van der Waals surface area contributed by atoms with Gasteiger partial charge >= 0.3 is 11.9 Å². The summed E-state index contributed by atoms with van der Waals surface area (Å²) in [5.41, 5.74) is 6.56. The second kappa shape index (κ2) is 23.5. The zero-order chi connectivity index (χ0) is 54.5. The van der Waals surface area contributed by atoms with Crippen LogP contribution in [0.5, 0.6) is 0 Å². The zero-order valence-electron chi connectivity index (χ0n) is 48.9. The van der Waals surface area contributed by atoms with Crippen molar-refractivity contribution < 1.29 is 71.2 Å². The molecular formula is C67H96O15. The highest BCUT2D eigenvalue weighted by Crippen LogP contribution is 2.88. The Hall–Kier alpha value is -2.02. The predicted octanol–water partition coefficient (Wildman–Crippen LogP) is 8.09. The lowest BCUT2D eigenvalue weighted by Crippen LogP contribution is -2.54. The van der Waals surface area contributed by atoms with Crippen LogP contribution in [0, 0.1) is 124 Å². The number of carbonyl (C=O) groups is 2. The largest absolute Gasteiger partial charge is 0.462 e. The average molecular weight is 1140 g/mol. The van der Waals surface area contributed by atoms with Gasteiger partial charge in [0.05, 0.1) is 143 Å². The lowest BCUT2D eigenvalue weighted by Gasteiger charge is -2.58. The van der Waals surface area contributed by atoms with Gasteiger partial charge in [-0.1, -0.05) is 11.1 Å². The summed E-state index contributed by atoms with van der Waals surface area (Å²) in [5, 5.41) is 0. The van der Waals surface area contributed by atoms with Gasteiger partial charge in [-0.05, 0) is 232 Å². The Morgan fingerprint density at radius 3 is 1.18 bits per heavy atom. The van der Waals surface area contributed by atoms with E-state index in [1.54, 1.807) is 0 Å². The van der Waals surface area contributed by atoms with Crippen molar-refractivity contribution >= 4 is 11.9 Å². The highest BCUT2D eigenvalue weighted by atomic mass is 16.6. The average Bonchev–Trinajstić information content (AvgIpc) is 1.48. The first kappa shape index (κ1) is 55.3. The van der Waals surface area contributed by atoms with E-state index < -0.39 is 5.41 Å². The number of ether oxygens (including phenoxy) is 13. The van der Waals surface area contributed by atoms with Crippen LogP contribution in [0.25, 0.3) is 0 Å². The summed E-state index contributed by atoms with van der Waals surface area (Å²) in [7, 11) is 0. The zero-order valence-corrected chi connectivity index (χ0v) is 48.9. The van der Waals surface area contributed by atoms with Crippen LogP contribution in [0.3, 0.4) is 0 Å². The van der Waals surface area contributed by atoms with Crippen LogP contribution in [-0.4, -0.2) is 168 Å². The maximum atomic E-state index is 15.4. The van der Waals surface area contributed by atoms with Crippen molar-refractivity contribution in [3.05, 3.63) is 22.3 Å². The molecule has 454 valence electrons. The fourth-order valence-electron chi connectivity index (χ4n) is 24.0. The fraction of sp³-hybridized carbons (Fsp3) is 0.910. The molecule has 3 aliphatic heterocycles. The van der Waals surface area contributed by atoms with Crippen LogP contribution in [0.4, 0.5) is 0 Å². The summed E-state index contributed by atoms with van der Waals surface area (Å²) in [6.07, 6.45) is 19.6. The molecule has 18 aliphatic rings. The van der Waals surface area contributed by atoms with Crippen molar-refractivity contribution in [3.63, 3.8) is 0 Å². The number of rotatable bonds is 0. The van der Waals surface area contributed by atoms with Crippen molar-refractivity contribution in [2.24, 2.45) is 124 Å². The first-order valence-corrected chi connectivity index (χ1v) is 33.9. The number of hydrogen-bond acceptors (Lipinski definition) is 15. The molecule has 0 aromatic rings. The van der Waals surface area contributed by atoms with E-state index in [-0.39, 0.29) is 74.6 Å². The number of esters is 2. The second-order valence-electron chi connectivity index (χ2n) is 28.8. The van der Waals surface area contributed by atoms with Gasteiger partial charge in [0.25, 0.3) is 0 Å². The van der Waals surface area contributed by atoms with Crippen molar-refractivity contribution in [1.29, 1.82) is 0 Å². The van der Waals surface area contributed by atoms with Gasteiger partial charge in [-0.15, -0.1) is 0 Å². The van der Waals surface area contributed by atoms with Gasteiger partial charge in [0.1, 0.15) is 13.2 Å².